The van der Waals surface area contributed by atoms with Crippen molar-refractivity contribution in [1.29, 1.82) is 0 Å². The summed E-state index contributed by atoms with van der Waals surface area (Å²) in [6.07, 6.45) is -9.21. The molecule has 26 heteroatoms. The van der Waals surface area contributed by atoms with Gasteiger partial charge in [0.15, 0.2) is 34.8 Å². The van der Waals surface area contributed by atoms with Crippen LogP contribution < -0.4 is 22.6 Å². The third-order valence-corrected chi connectivity index (χ3v) is 9.35. The van der Waals surface area contributed by atoms with Gasteiger partial charge in [-0.1, -0.05) is 0 Å². The molecule has 0 bridgehead atoms. The van der Waals surface area contributed by atoms with E-state index in [4.69, 9.17) is 39.5 Å². The Hall–Kier alpha value is -3.64. The van der Waals surface area contributed by atoms with E-state index >= 15 is 0 Å². The number of anilines is 2. The molecule has 4 aromatic rings. The zero-order valence-electron chi connectivity index (χ0n) is 25.5. The van der Waals surface area contributed by atoms with Gasteiger partial charge in [0.05, 0.1) is 25.9 Å². The lowest BCUT2D eigenvalue weighted by atomic mass is 10.1. The summed E-state index contributed by atoms with van der Waals surface area (Å²) in [6, 6.07) is 0. The SMILES string of the molecule is COC1C(O)[C@H](n2cnc3c(=O)[nH]c(N)nc32)O[C@@H]1COP(=O)(O)COC1C(O)[C@H](n2cnc3c(=O)[nH]c(N)nc32)O[C@@H]1COP(C)(=O)O. The molecule has 2 aliphatic heterocycles. The van der Waals surface area contributed by atoms with Crippen LogP contribution in [0, 0.1) is 0 Å². The molecule has 2 aliphatic rings. The molecule has 2 saturated heterocycles. The number of nitrogens with two attached hydrogens (primary N) is 2. The molecule has 10 N–H and O–H groups in total. The number of nitrogens with zero attached hydrogens (tertiary/aromatic N) is 6. The molecule has 0 aromatic carbocycles. The molecular weight excluding hydrogens is 702 g/mol. The summed E-state index contributed by atoms with van der Waals surface area (Å²) in [6.45, 7) is -0.274. The Morgan fingerprint density at radius 1 is 0.857 bits per heavy atom. The number of nitrogens with one attached hydrogen (secondary N) is 2. The van der Waals surface area contributed by atoms with Gasteiger partial charge in [0.1, 0.15) is 43.0 Å². The third-order valence-electron chi connectivity index (χ3n) is 7.69. The van der Waals surface area contributed by atoms with Gasteiger partial charge in [-0.25, -0.2) is 9.97 Å². The van der Waals surface area contributed by atoms with Crippen molar-refractivity contribution in [3.8, 4) is 0 Å². The van der Waals surface area contributed by atoms with Crippen molar-refractivity contribution in [1.82, 2.24) is 39.0 Å². The van der Waals surface area contributed by atoms with E-state index in [2.05, 4.69) is 29.9 Å². The predicted octanol–water partition coefficient (Wildman–Crippen LogP) is -2.67. The molecule has 4 aromatic heterocycles. The number of rotatable bonds is 12. The van der Waals surface area contributed by atoms with Gasteiger partial charge in [-0.3, -0.25) is 37.8 Å². The Kier molecular flexibility index (Phi) is 9.51. The van der Waals surface area contributed by atoms with Crippen LogP contribution in [0.4, 0.5) is 11.9 Å². The lowest BCUT2D eigenvalue weighted by Gasteiger charge is -2.24. The highest BCUT2D eigenvalue weighted by Crippen LogP contribution is 2.46. The minimum atomic E-state index is -4.66. The number of aliphatic hydroxyl groups excluding tert-OH is 2. The number of methoxy groups -OCH3 is 1. The summed E-state index contributed by atoms with van der Waals surface area (Å²) in [5, 5.41) is 22.1. The molecular formula is C23H32N10O14P2. The van der Waals surface area contributed by atoms with Gasteiger partial charge < -0.3 is 59.5 Å². The molecule has 0 aliphatic carbocycles. The van der Waals surface area contributed by atoms with Gasteiger partial charge in [-0.2, -0.15) is 9.97 Å². The number of nitrogen functional groups attached to an aromatic ring is 2. The fourth-order valence-electron chi connectivity index (χ4n) is 5.54. The Morgan fingerprint density at radius 3 is 1.82 bits per heavy atom. The number of aromatic nitrogens is 8. The van der Waals surface area contributed by atoms with Crippen molar-refractivity contribution in [2.75, 3.05) is 44.8 Å². The fourth-order valence-corrected chi connectivity index (χ4v) is 6.78. The van der Waals surface area contributed by atoms with Gasteiger partial charge in [-0.05, 0) is 0 Å². The number of fused-ring (bicyclic) bond motifs is 2. The first-order valence-electron chi connectivity index (χ1n) is 14.2. The molecule has 49 heavy (non-hydrogen) atoms. The summed E-state index contributed by atoms with van der Waals surface area (Å²) < 4.78 is 60.2. The monoisotopic (exact) mass is 734 g/mol. The summed E-state index contributed by atoms with van der Waals surface area (Å²) >= 11 is 0. The maximum Gasteiger partial charge on any atom is 0.353 e. The van der Waals surface area contributed by atoms with E-state index in [0.29, 0.717) is 0 Å². The molecule has 24 nitrogen and oxygen atoms in total. The highest BCUT2D eigenvalue weighted by molar-refractivity contribution is 7.52. The lowest BCUT2D eigenvalue weighted by molar-refractivity contribution is -0.0578. The van der Waals surface area contributed by atoms with E-state index < -0.39 is 95.0 Å². The maximum atomic E-state index is 13.1. The van der Waals surface area contributed by atoms with Gasteiger partial charge in [0.2, 0.25) is 11.9 Å². The van der Waals surface area contributed by atoms with Crippen LogP contribution >= 0.6 is 15.2 Å². The standard InChI is InChI=1S/C23H32N10O14P2/c1-42-14-8(46-20(12(14)34)32-5-26-10-16(32)28-22(24)30-18(10)36)4-45-49(40,41)7-43-15-9(3-44-48(2,38)39)47-21(13(15)35)33-6-27-11-17(33)29-23(25)31-19(11)37/h5-6,8-9,12-15,20-21,34-35H,3-4,7H2,1-2H3,(H,38,39)(H,40,41)(H3,24,28,30,36)(H3,25,29,31,37)/t8-,9-,12?,13?,14?,15?,20-,21-/m1/s1. The quantitative estimate of drug-likeness (QED) is 0.0688. The molecule has 0 amide bonds. The summed E-state index contributed by atoms with van der Waals surface area (Å²) in [4.78, 5) is 65.3. The van der Waals surface area contributed by atoms with E-state index in [1.165, 1.54) is 22.6 Å². The highest BCUT2D eigenvalue weighted by Gasteiger charge is 2.49. The number of aliphatic hydroxyl groups is 2. The van der Waals surface area contributed by atoms with Crippen LogP contribution in [-0.2, 0) is 37.1 Å². The molecule has 0 spiro atoms. The van der Waals surface area contributed by atoms with Crippen molar-refractivity contribution in [2.45, 2.75) is 49.1 Å². The largest absolute Gasteiger partial charge is 0.386 e. The molecule has 6 rings (SSSR count). The maximum absolute atomic E-state index is 13.1. The zero-order chi connectivity index (χ0) is 35.4. The Balaban J connectivity index is 1.15. The van der Waals surface area contributed by atoms with Crippen LogP contribution in [0.3, 0.4) is 0 Å². The van der Waals surface area contributed by atoms with Crippen LogP contribution in [0.15, 0.2) is 22.2 Å². The molecule has 6 heterocycles. The normalized spacial score (nSPS) is 29.8. The minimum Gasteiger partial charge on any atom is -0.386 e. The summed E-state index contributed by atoms with van der Waals surface area (Å²) in [7, 11) is -7.44. The third kappa shape index (κ3) is 7.04. The Labute approximate surface area is 273 Å². The first kappa shape index (κ1) is 35.2. The fraction of sp³-hybridized carbons (Fsp3) is 0.565. The predicted molar refractivity (Wildman–Crippen MR) is 163 cm³/mol. The average molecular weight is 735 g/mol. The van der Waals surface area contributed by atoms with E-state index in [0.717, 1.165) is 13.0 Å². The highest BCUT2D eigenvalue weighted by atomic mass is 31.2. The lowest BCUT2D eigenvalue weighted by Crippen LogP contribution is -2.37. The van der Waals surface area contributed by atoms with E-state index in [1.54, 1.807) is 0 Å². The number of H-pyrrole nitrogens is 2. The molecule has 0 radical (unpaired) electrons. The van der Waals surface area contributed by atoms with Gasteiger partial charge in [-0.15, -0.1) is 0 Å². The first-order chi connectivity index (χ1) is 23.1. The number of aromatic amines is 2. The summed E-state index contributed by atoms with van der Waals surface area (Å²) in [5.74, 6) is -0.454. The molecule has 268 valence electrons. The average Bonchev–Trinajstić information content (AvgIpc) is 3.77. The molecule has 6 unspecified atom stereocenters. The van der Waals surface area contributed by atoms with Crippen molar-refractivity contribution in [3.63, 3.8) is 0 Å². The van der Waals surface area contributed by atoms with Crippen molar-refractivity contribution >= 4 is 49.4 Å². The second-order valence-electron chi connectivity index (χ2n) is 11.2. The molecule has 0 saturated carbocycles. The van der Waals surface area contributed by atoms with Crippen LogP contribution in [0.25, 0.3) is 22.3 Å². The van der Waals surface area contributed by atoms with Gasteiger partial charge in [0.25, 0.3) is 11.1 Å². The van der Waals surface area contributed by atoms with E-state index in [-0.39, 0.29) is 34.2 Å². The second kappa shape index (κ2) is 13.2. The van der Waals surface area contributed by atoms with Crippen molar-refractivity contribution < 1.29 is 57.1 Å². The number of imidazole rings is 2. The summed E-state index contributed by atoms with van der Waals surface area (Å²) in [5.41, 5.74) is 9.76. The van der Waals surface area contributed by atoms with Crippen molar-refractivity contribution in [3.05, 3.63) is 33.4 Å². The Bertz CT molecular complexity index is 2060. The Morgan fingerprint density at radius 2 is 1.33 bits per heavy atom. The zero-order valence-corrected chi connectivity index (χ0v) is 27.3. The second-order valence-corrected chi connectivity index (χ2v) is 14.8. The topological polar surface area (TPSA) is 350 Å². The smallest absolute Gasteiger partial charge is 0.353 e. The first-order valence-corrected chi connectivity index (χ1v) is 18.0. The molecule has 10 atom stereocenters. The van der Waals surface area contributed by atoms with Crippen LogP contribution in [0.5, 0.6) is 0 Å². The van der Waals surface area contributed by atoms with E-state index in [9.17, 15) is 38.7 Å². The van der Waals surface area contributed by atoms with Crippen LogP contribution in [0.1, 0.15) is 12.5 Å². The van der Waals surface area contributed by atoms with Gasteiger partial charge >= 0.3 is 15.2 Å². The number of ether oxygens (including phenoxy) is 4. The number of hydrogen-bond donors (Lipinski definition) is 8. The van der Waals surface area contributed by atoms with Crippen LogP contribution in [-0.4, -0.2) is 129 Å². The van der Waals surface area contributed by atoms with Crippen LogP contribution in [0.2, 0.25) is 0 Å². The van der Waals surface area contributed by atoms with Gasteiger partial charge in [0, 0.05) is 13.8 Å². The van der Waals surface area contributed by atoms with Crippen molar-refractivity contribution in [2.24, 2.45) is 0 Å². The number of hydrogen-bond acceptors (Lipinski definition) is 18. The molecule has 2 fully saturated rings. The minimum absolute atomic E-state index is 0.00694. The van der Waals surface area contributed by atoms with E-state index in [1.807, 2.05) is 0 Å².